The molecule has 21 heavy (non-hydrogen) atoms. The Kier molecular flexibility index (Phi) is 4.36. The van der Waals surface area contributed by atoms with Gasteiger partial charge in [0.05, 0.1) is 12.1 Å². The van der Waals surface area contributed by atoms with Crippen LogP contribution in [0.1, 0.15) is 21.5 Å². The van der Waals surface area contributed by atoms with E-state index in [0.717, 1.165) is 28.9 Å². The minimum atomic E-state index is -0.825. The number of aryl methyl sites for hydroxylation is 2. The van der Waals surface area contributed by atoms with Gasteiger partial charge in [-0.2, -0.15) is 0 Å². The third kappa shape index (κ3) is 3.27. The van der Waals surface area contributed by atoms with E-state index >= 15 is 0 Å². The molecule has 0 saturated carbocycles. The molecule has 2 rings (SSSR count). The molecule has 0 N–H and O–H groups in total. The first kappa shape index (κ1) is 15.2. The second-order valence-electron chi connectivity index (χ2n) is 5.17. The van der Waals surface area contributed by atoms with Crippen molar-refractivity contribution in [3.63, 3.8) is 0 Å². The van der Waals surface area contributed by atoms with Crippen LogP contribution < -0.4 is 4.90 Å². The summed E-state index contributed by atoms with van der Waals surface area (Å²) in [6.45, 7) is 3.84. The maximum atomic E-state index is 13.6. The summed E-state index contributed by atoms with van der Waals surface area (Å²) >= 11 is 0. The summed E-state index contributed by atoms with van der Waals surface area (Å²) in [5.74, 6) is -2.23. The Bertz CT molecular complexity index is 662. The van der Waals surface area contributed by atoms with Crippen LogP contribution in [-0.4, -0.2) is 19.4 Å². The summed E-state index contributed by atoms with van der Waals surface area (Å²) in [5, 5.41) is 0. The van der Waals surface area contributed by atoms with Gasteiger partial charge in [0, 0.05) is 12.7 Å². The standard InChI is InChI=1S/C17H17F2NO/c1-11-7-8-15(12(2)9-11)20(3)10-16(21)17-13(18)5-4-6-14(17)19/h4-9H,10H2,1-3H3. The Balaban J connectivity index is 2.23. The molecule has 0 unspecified atom stereocenters. The third-order valence-electron chi connectivity index (χ3n) is 3.39. The molecule has 0 atom stereocenters. The smallest absolute Gasteiger partial charge is 0.187 e. The van der Waals surface area contributed by atoms with Crippen LogP contribution >= 0.6 is 0 Å². The first-order chi connectivity index (χ1) is 9.90. The van der Waals surface area contributed by atoms with Crippen LogP contribution in [0.5, 0.6) is 0 Å². The van der Waals surface area contributed by atoms with E-state index < -0.39 is 23.0 Å². The molecule has 0 aliphatic heterocycles. The highest BCUT2D eigenvalue weighted by Crippen LogP contribution is 2.21. The Labute approximate surface area is 123 Å². The van der Waals surface area contributed by atoms with Gasteiger partial charge in [-0.3, -0.25) is 4.79 Å². The fraction of sp³-hybridized carbons (Fsp3) is 0.235. The van der Waals surface area contributed by atoms with Gasteiger partial charge < -0.3 is 4.90 Å². The highest BCUT2D eigenvalue weighted by Gasteiger charge is 2.19. The molecule has 4 heteroatoms. The highest BCUT2D eigenvalue weighted by atomic mass is 19.1. The van der Waals surface area contributed by atoms with E-state index in [4.69, 9.17) is 0 Å². The van der Waals surface area contributed by atoms with Crippen LogP contribution in [0, 0.1) is 25.5 Å². The lowest BCUT2D eigenvalue weighted by Gasteiger charge is -2.21. The van der Waals surface area contributed by atoms with Crippen molar-refractivity contribution in [1.82, 2.24) is 0 Å². The number of anilines is 1. The quantitative estimate of drug-likeness (QED) is 0.796. The Morgan fingerprint density at radius 2 is 1.71 bits per heavy atom. The third-order valence-corrected chi connectivity index (χ3v) is 3.39. The minimum absolute atomic E-state index is 0.0816. The molecule has 2 aromatic carbocycles. The maximum Gasteiger partial charge on any atom is 0.187 e. The van der Waals surface area contributed by atoms with Crippen LogP contribution in [0.2, 0.25) is 0 Å². The van der Waals surface area contributed by atoms with Crippen LogP contribution in [0.25, 0.3) is 0 Å². The average molecular weight is 289 g/mol. The van der Waals surface area contributed by atoms with Gasteiger partial charge in [-0.15, -0.1) is 0 Å². The molecule has 0 aromatic heterocycles. The van der Waals surface area contributed by atoms with Gasteiger partial charge in [-0.1, -0.05) is 23.8 Å². The molecule has 0 bridgehead atoms. The number of carbonyl (C=O) groups is 1. The number of rotatable bonds is 4. The summed E-state index contributed by atoms with van der Waals surface area (Å²) in [4.78, 5) is 13.8. The predicted molar refractivity (Wildman–Crippen MR) is 79.9 cm³/mol. The number of benzene rings is 2. The summed E-state index contributed by atoms with van der Waals surface area (Å²) in [5.41, 5.74) is 2.52. The van der Waals surface area contributed by atoms with E-state index in [1.165, 1.54) is 6.07 Å². The lowest BCUT2D eigenvalue weighted by molar-refractivity contribution is 0.0992. The number of hydrogen-bond acceptors (Lipinski definition) is 2. The number of halogens is 2. The van der Waals surface area contributed by atoms with Crippen molar-refractivity contribution in [2.75, 3.05) is 18.5 Å². The van der Waals surface area contributed by atoms with Gasteiger partial charge in [0.1, 0.15) is 11.6 Å². The van der Waals surface area contributed by atoms with Crippen LogP contribution in [0.15, 0.2) is 36.4 Å². The molecule has 0 saturated heterocycles. The van der Waals surface area contributed by atoms with Crippen molar-refractivity contribution in [2.24, 2.45) is 0 Å². The van der Waals surface area contributed by atoms with Gasteiger partial charge in [0.15, 0.2) is 5.78 Å². The zero-order chi connectivity index (χ0) is 15.6. The number of nitrogens with zero attached hydrogens (tertiary/aromatic N) is 1. The predicted octanol–water partition coefficient (Wildman–Crippen LogP) is 3.90. The van der Waals surface area contributed by atoms with Crippen LogP contribution in [0.4, 0.5) is 14.5 Å². The molecule has 0 aliphatic carbocycles. The monoisotopic (exact) mass is 289 g/mol. The Morgan fingerprint density at radius 3 is 2.29 bits per heavy atom. The Morgan fingerprint density at radius 1 is 1.10 bits per heavy atom. The van der Waals surface area contributed by atoms with Crippen molar-refractivity contribution in [3.8, 4) is 0 Å². The lowest BCUT2D eigenvalue weighted by Crippen LogP contribution is -2.27. The normalized spacial score (nSPS) is 10.5. The maximum absolute atomic E-state index is 13.6. The first-order valence-electron chi connectivity index (χ1n) is 6.65. The van der Waals surface area contributed by atoms with Crippen molar-refractivity contribution in [3.05, 3.63) is 64.7 Å². The van der Waals surface area contributed by atoms with E-state index in [-0.39, 0.29) is 6.54 Å². The van der Waals surface area contributed by atoms with Gasteiger partial charge in [0.2, 0.25) is 0 Å². The molecular weight excluding hydrogens is 272 g/mol. The van der Waals surface area contributed by atoms with Crippen molar-refractivity contribution < 1.29 is 13.6 Å². The number of ketones is 1. The van der Waals surface area contributed by atoms with Crippen molar-refractivity contribution in [1.29, 1.82) is 0 Å². The lowest BCUT2D eigenvalue weighted by atomic mass is 10.1. The molecule has 0 amide bonds. The number of hydrogen-bond donors (Lipinski definition) is 0. The zero-order valence-corrected chi connectivity index (χ0v) is 12.3. The summed E-state index contributed by atoms with van der Waals surface area (Å²) in [6, 6.07) is 9.26. The first-order valence-corrected chi connectivity index (χ1v) is 6.65. The number of likely N-dealkylation sites (N-methyl/N-ethyl adjacent to an activating group) is 1. The highest BCUT2D eigenvalue weighted by molar-refractivity contribution is 5.99. The van der Waals surface area contributed by atoms with E-state index in [0.29, 0.717) is 0 Å². The molecule has 0 heterocycles. The second-order valence-corrected chi connectivity index (χ2v) is 5.17. The van der Waals surface area contributed by atoms with Gasteiger partial charge in [-0.05, 0) is 37.6 Å². The van der Waals surface area contributed by atoms with Gasteiger partial charge in [0.25, 0.3) is 0 Å². The molecule has 0 spiro atoms. The number of Topliss-reactive ketones (excluding diaryl/α,β-unsaturated/α-hetero) is 1. The molecule has 2 nitrogen and oxygen atoms in total. The van der Waals surface area contributed by atoms with Crippen molar-refractivity contribution >= 4 is 11.5 Å². The second kappa shape index (κ2) is 6.04. The van der Waals surface area contributed by atoms with Crippen LogP contribution in [-0.2, 0) is 0 Å². The molecule has 2 aromatic rings. The average Bonchev–Trinajstić information content (AvgIpc) is 2.37. The topological polar surface area (TPSA) is 20.3 Å². The summed E-state index contributed by atoms with van der Waals surface area (Å²) < 4.78 is 27.2. The number of carbonyl (C=O) groups excluding carboxylic acids is 1. The van der Waals surface area contributed by atoms with Crippen molar-refractivity contribution in [2.45, 2.75) is 13.8 Å². The van der Waals surface area contributed by atoms with E-state index in [9.17, 15) is 13.6 Å². The van der Waals surface area contributed by atoms with E-state index in [2.05, 4.69) is 0 Å². The summed E-state index contributed by atoms with van der Waals surface area (Å²) in [6.07, 6.45) is 0. The minimum Gasteiger partial charge on any atom is -0.367 e. The molecule has 110 valence electrons. The molecule has 0 radical (unpaired) electrons. The zero-order valence-electron chi connectivity index (χ0n) is 12.3. The SMILES string of the molecule is Cc1ccc(N(C)CC(=O)c2c(F)cccc2F)c(C)c1. The summed E-state index contributed by atoms with van der Waals surface area (Å²) in [7, 11) is 1.73. The van der Waals surface area contributed by atoms with E-state index in [1.807, 2.05) is 32.0 Å². The molecule has 0 fully saturated rings. The van der Waals surface area contributed by atoms with E-state index in [1.54, 1.807) is 11.9 Å². The largest absolute Gasteiger partial charge is 0.367 e. The molecular formula is C17H17F2NO. The fourth-order valence-corrected chi connectivity index (χ4v) is 2.38. The van der Waals surface area contributed by atoms with Crippen LogP contribution in [0.3, 0.4) is 0 Å². The Hall–Kier alpha value is -2.23. The fourth-order valence-electron chi connectivity index (χ4n) is 2.38. The van der Waals surface area contributed by atoms with Gasteiger partial charge in [-0.25, -0.2) is 8.78 Å². The molecule has 0 aliphatic rings. The van der Waals surface area contributed by atoms with Gasteiger partial charge >= 0.3 is 0 Å².